The van der Waals surface area contributed by atoms with Crippen molar-refractivity contribution in [2.75, 3.05) is 20.1 Å². The molecule has 0 N–H and O–H groups in total. The summed E-state index contributed by atoms with van der Waals surface area (Å²) < 4.78 is 0. The van der Waals surface area contributed by atoms with Crippen LogP contribution in [0.4, 0.5) is 0 Å². The van der Waals surface area contributed by atoms with Crippen LogP contribution < -0.4 is 0 Å². The maximum absolute atomic E-state index is 3.00. The lowest BCUT2D eigenvalue weighted by atomic mass is 9.82. The summed E-state index contributed by atoms with van der Waals surface area (Å²) in [5.41, 5.74) is 0.572. The number of rotatable bonds is 38. The van der Waals surface area contributed by atoms with Crippen molar-refractivity contribution >= 4 is 0 Å². The third-order valence-corrected chi connectivity index (χ3v) is 11.1. The molecular weight excluding hydrogens is 603 g/mol. The van der Waals surface area contributed by atoms with Crippen LogP contribution >= 0.6 is 0 Å². The Balaban J connectivity index is -0.000000941. The molecule has 0 aliphatic rings. The van der Waals surface area contributed by atoms with Crippen LogP contribution in [0, 0.1) is 11.3 Å². The highest BCUT2D eigenvalue weighted by molar-refractivity contribution is 4.69. The van der Waals surface area contributed by atoms with Crippen LogP contribution in [0.1, 0.15) is 273 Å². The van der Waals surface area contributed by atoms with Crippen LogP contribution in [0.2, 0.25) is 0 Å². The monoisotopic (exact) mass is 706 g/mol. The van der Waals surface area contributed by atoms with Crippen LogP contribution in [-0.4, -0.2) is 25.0 Å². The van der Waals surface area contributed by atoms with Gasteiger partial charge in [0, 0.05) is 0 Å². The minimum absolute atomic E-state index is 0.572. The highest BCUT2D eigenvalue weighted by Gasteiger charge is 2.16. The van der Waals surface area contributed by atoms with Crippen LogP contribution in [0.3, 0.4) is 0 Å². The number of hydrogen-bond acceptors (Lipinski definition) is 1. The van der Waals surface area contributed by atoms with Crippen LogP contribution in [0.15, 0.2) is 13.2 Å². The number of hydrogen-bond donors (Lipinski definition) is 0. The van der Waals surface area contributed by atoms with E-state index >= 15 is 0 Å². The number of unbranched alkanes of at least 4 members (excludes halogenated alkanes) is 26. The molecule has 0 saturated carbocycles. The molecule has 0 spiro atoms. The lowest BCUT2D eigenvalue weighted by molar-refractivity contribution is 0.281. The summed E-state index contributed by atoms with van der Waals surface area (Å²) in [5.74, 6) is 0.974. The van der Waals surface area contributed by atoms with E-state index in [9.17, 15) is 0 Å². The Hall–Kier alpha value is -0.300. The fourth-order valence-electron chi connectivity index (χ4n) is 7.34. The first-order chi connectivity index (χ1) is 24.3. The maximum atomic E-state index is 3.00. The summed E-state index contributed by atoms with van der Waals surface area (Å²) in [7, 11) is 2.32. The molecule has 0 unspecified atom stereocenters. The zero-order valence-corrected chi connectivity index (χ0v) is 37.1. The Morgan fingerprint density at radius 3 is 0.920 bits per heavy atom. The highest BCUT2D eigenvalue weighted by atomic mass is 15.1. The van der Waals surface area contributed by atoms with Crippen molar-refractivity contribution in [2.24, 2.45) is 11.3 Å². The van der Waals surface area contributed by atoms with Gasteiger partial charge in [0.05, 0.1) is 0 Å². The van der Waals surface area contributed by atoms with Gasteiger partial charge in [0.15, 0.2) is 0 Å². The predicted octanol–water partition coefficient (Wildman–Crippen LogP) is 18.1. The molecule has 0 aromatic heterocycles. The van der Waals surface area contributed by atoms with E-state index in [-0.39, 0.29) is 0 Å². The molecule has 1 nitrogen and oxygen atoms in total. The van der Waals surface area contributed by atoms with E-state index in [0.29, 0.717) is 5.41 Å². The smallest absolute Gasteiger partial charge is 0.00218 e. The molecule has 0 saturated heterocycles. The van der Waals surface area contributed by atoms with Crippen molar-refractivity contribution in [2.45, 2.75) is 273 Å². The van der Waals surface area contributed by atoms with E-state index in [4.69, 9.17) is 0 Å². The molecule has 0 fully saturated rings. The van der Waals surface area contributed by atoms with Gasteiger partial charge in [0.2, 0.25) is 0 Å². The molecule has 0 amide bonds. The van der Waals surface area contributed by atoms with Crippen molar-refractivity contribution in [1.29, 1.82) is 0 Å². The molecule has 0 aliphatic heterocycles. The second kappa shape index (κ2) is 46.7. The van der Waals surface area contributed by atoms with E-state index in [1.807, 2.05) is 0 Å². The first kappa shape index (κ1) is 54.0. The van der Waals surface area contributed by atoms with Gasteiger partial charge in [0.25, 0.3) is 0 Å². The Kier molecular flexibility index (Phi) is 50.5. The van der Waals surface area contributed by atoms with Crippen molar-refractivity contribution in [3.63, 3.8) is 0 Å². The van der Waals surface area contributed by atoms with Gasteiger partial charge in [-0.1, -0.05) is 248 Å². The second-order valence-corrected chi connectivity index (χ2v) is 17.2. The summed E-state index contributed by atoms with van der Waals surface area (Å²) in [6.45, 7) is 25.3. The Bertz CT molecular complexity index is 551. The molecule has 0 bridgehead atoms. The zero-order valence-electron chi connectivity index (χ0n) is 37.1. The van der Waals surface area contributed by atoms with Crippen molar-refractivity contribution in [1.82, 2.24) is 4.90 Å². The third kappa shape index (κ3) is 49.8. The highest BCUT2D eigenvalue weighted by Crippen LogP contribution is 2.30. The minimum Gasteiger partial charge on any atom is -0.306 e. The van der Waals surface area contributed by atoms with Gasteiger partial charge in [-0.15, -0.1) is 13.2 Å². The van der Waals surface area contributed by atoms with Gasteiger partial charge in [0.1, 0.15) is 0 Å². The molecule has 0 aromatic carbocycles. The molecule has 0 rings (SSSR count). The summed E-state index contributed by atoms with van der Waals surface area (Å²) in [6, 6.07) is 0. The van der Waals surface area contributed by atoms with E-state index in [0.717, 1.165) is 5.92 Å². The van der Waals surface area contributed by atoms with Gasteiger partial charge >= 0.3 is 0 Å². The van der Waals surface area contributed by atoms with Gasteiger partial charge in [-0.3, -0.25) is 0 Å². The lowest BCUT2D eigenvalue weighted by Crippen LogP contribution is -2.20. The van der Waals surface area contributed by atoms with E-state index in [2.05, 4.69) is 73.6 Å². The molecule has 0 aromatic rings. The fourth-order valence-corrected chi connectivity index (χ4v) is 7.34. The average Bonchev–Trinajstić information content (AvgIpc) is 3.11. The van der Waals surface area contributed by atoms with Gasteiger partial charge in [-0.05, 0) is 57.2 Å². The molecule has 1 heteroatoms. The van der Waals surface area contributed by atoms with E-state index < -0.39 is 0 Å². The molecule has 0 atom stereocenters. The SMILES string of the molecule is C=C.CCCCCCCCC(C)CCCCCCCC.CCCCCCCCCC(C)(C)CCCCCCCCN(C)CCCCCCCC. The maximum Gasteiger partial charge on any atom is -0.00218 e. The van der Waals surface area contributed by atoms with E-state index in [1.54, 1.807) is 0 Å². The summed E-state index contributed by atoms with van der Waals surface area (Å²) >= 11 is 0. The zero-order chi connectivity index (χ0) is 37.8. The summed E-state index contributed by atoms with van der Waals surface area (Å²) in [5, 5.41) is 0. The van der Waals surface area contributed by atoms with Gasteiger partial charge in [-0.2, -0.15) is 0 Å². The first-order valence-corrected chi connectivity index (χ1v) is 23.5. The summed E-state index contributed by atoms with van der Waals surface area (Å²) in [4.78, 5) is 2.56. The van der Waals surface area contributed by atoms with Crippen LogP contribution in [0.25, 0.3) is 0 Å². The Morgan fingerprint density at radius 2 is 0.620 bits per heavy atom. The largest absolute Gasteiger partial charge is 0.306 e. The Morgan fingerprint density at radius 1 is 0.380 bits per heavy atom. The molecule has 0 aliphatic carbocycles. The lowest BCUT2D eigenvalue weighted by Gasteiger charge is -2.24. The van der Waals surface area contributed by atoms with E-state index in [1.165, 1.54) is 238 Å². The molecule has 0 heterocycles. The third-order valence-electron chi connectivity index (χ3n) is 11.1. The molecule has 304 valence electrons. The van der Waals surface area contributed by atoms with Gasteiger partial charge < -0.3 is 4.90 Å². The minimum atomic E-state index is 0.572. The second-order valence-electron chi connectivity index (χ2n) is 17.2. The predicted molar refractivity (Wildman–Crippen MR) is 236 cm³/mol. The van der Waals surface area contributed by atoms with Crippen LogP contribution in [0.5, 0.6) is 0 Å². The first-order valence-electron chi connectivity index (χ1n) is 23.5. The molecule has 50 heavy (non-hydrogen) atoms. The quantitative estimate of drug-likeness (QED) is 0.0456. The normalized spacial score (nSPS) is 11.5. The van der Waals surface area contributed by atoms with Crippen molar-refractivity contribution < 1.29 is 0 Å². The van der Waals surface area contributed by atoms with Crippen LogP contribution in [-0.2, 0) is 0 Å². The molecular formula is C49H103N. The molecule has 0 radical (unpaired) electrons. The number of nitrogens with zero attached hydrogens (tertiary/aromatic N) is 1. The topological polar surface area (TPSA) is 3.24 Å². The Labute approximate surface area is 321 Å². The standard InChI is InChI=1S/C29H61N.C18H38.C2H4/c1-6-8-10-12-14-17-21-25-29(3,4)26-22-18-15-16-20-24-28-30(5)27-23-19-13-11-9-7-2;1-4-6-8-10-12-14-16-18(3)17-15-13-11-9-7-5-2;1-2/h6-28H2,1-5H3;18H,4-17H2,1-3H3;1-2H2. The van der Waals surface area contributed by atoms with Crippen molar-refractivity contribution in [3.8, 4) is 0 Å². The average molecular weight is 706 g/mol. The fraction of sp³-hybridized carbons (Fsp3) is 0.959. The van der Waals surface area contributed by atoms with Crippen molar-refractivity contribution in [3.05, 3.63) is 13.2 Å². The summed E-state index contributed by atoms with van der Waals surface area (Å²) in [6.07, 6.45) is 50.4. The van der Waals surface area contributed by atoms with Gasteiger partial charge in [-0.25, -0.2) is 0 Å².